The number of aromatic nitrogens is 2. The van der Waals surface area contributed by atoms with E-state index in [-0.39, 0.29) is 34.0 Å². The second-order valence-corrected chi connectivity index (χ2v) is 7.90. The van der Waals surface area contributed by atoms with Crippen LogP contribution in [0.2, 0.25) is 0 Å². The van der Waals surface area contributed by atoms with Gasteiger partial charge in [0.25, 0.3) is 0 Å². The third-order valence-electron chi connectivity index (χ3n) is 6.05. The monoisotopic (exact) mass is 420 g/mol. The number of nitrogens with zero attached hydrogens (tertiary/aromatic N) is 2. The number of phenolic OH excluding ortho intramolecular Hbond substituents is 2. The minimum absolute atomic E-state index is 0.0201. The molecule has 0 unspecified atom stereocenters. The molecule has 0 fully saturated rings. The fraction of sp³-hybridized carbons (Fsp3) is 0.0385. The molecule has 0 amide bonds. The van der Waals surface area contributed by atoms with Gasteiger partial charge in [-0.1, -0.05) is 60.7 Å². The van der Waals surface area contributed by atoms with E-state index >= 15 is 0 Å². The van der Waals surface area contributed by atoms with Gasteiger partial charge in [-0.25, -0.2) is 4.98 Å². The van der Waals surface area contributed by atoms with Crippen molar-refractivity contribution in [1.82, 2.24) is 9.55 Å². The fourth-order valence-electron chi connectivity index (χ4n) is 4.52. The number of rotatable bonds is 2. The van der Waals surface area contributed by atoms with E-state index in [4.69, 9.17) is 0 Å². The third-order valence-corrected chi connectivity index (χ3v) is 6.05. The second-order valence-electron chi connectivity index (χ2n) is 7.90. The molecule has 0 radical (unpaired) electrons. The van der Waals surface area contributed by atoms with Gasteiger partial charge >= 0.3 is 0 Å². The normalized spacial score (nSPS) is 12.9. The molecule has 4 aromatic carbocycles. The highest BCUT2D eigenvalue weighted by Gasteiger charge is 2.39. The Hall–Kier alpha value is -4.45. The van der Waals surface area contributed by atoms with Crippen molar-refractivity contribution in [1.29, 1.82) is 0 Å². The molecule has 154 valence electrons. The number of fused-ring (bicyclic) bond motifs is 4. The number of phenols is 2. The molecule has 1 aliphatic carbocycles. The number of hydrogen-bond donors (Lipinski definition) is 2. The highest BCUT2D eigenvalue weighted by molar-refractivity contribution is 6.31. The Kier molecular flexibility index (Phi) is 3.74. The molecule has 0 bridgehead atoms. The molecule has 1 heterocycles. The number of carbonyl (C=O) groups excluding carboxylic acids is 2. The Labute approximate surface area is 182 Å². The van der Waals surface area contributed by atoms with Crippen LogP contribution in [0.3, 0.4) is 0 Å². The van der Waals surface area contributed by atoms with Gasteiger partial charge < -0.3 is 14.8 Å². The number of aromatic hydroxyl groups is 2. The van der Waals surface area contributed by atoms with E-state index in [0.29, 0.717) is 17.3 Å². The minimum atomic E-state index is -0.578. The van der Waals surface area contributed by atoms with Gasteiger partial charge in [-0.15, -0.1) is 0 Å². The molecule has 0 atom stereocenters. The maximum atomic E-state index is 13.5. The molecule has 1 aliphatic rings. The van der Waals surface area contributed by atoms with E-state index in [1.54, 1.807) is 28.8 Å². The van der Waals surface area contributed by atoms with Crippen molar-refractivity contribution in [2.24, 2.45) is 0 Å². The number of hydrogen-bond acceptors (Lipinski definition) is 5. The van der Waals surface area contributed by atoms with Crippen LogP contribution in [-0.2, 0) is 6.54 Å². The van der Waals surface area contributed by atoms with Crippen LogP contribution in [-0.4, -0.2) is 31.3 Å². The lowest BCUT2D eigenvalue weighted by Gasteiger charge is -2.20. The summed E-state index contributed by atoms with van der Waals surface area (Å²) in [5.74, 6) is -1.74. The molecule has 6 nitrogen and oxygen atoms in total. The topological polar surface area (TPSA) is 92.4 Å². The smallest absolute Gasteiger partial charge is 0.218 e. The Morgan fingerprint density at radius 1 is 0.750 bits per heavy atom. The van der Waals surface area contributed by atoms with Gasteiger partial charge in [0, 0.05) is 17.3 Å². The Morgan fingerprint density at radius 3 is 2.09 bits per heavy atom. The number of imidazole rings is 1. The summed E-state index contributed by atoms with van der Waals surface area (Å²) in [5.41, 5.74) is 0.656. The van der Waals surface area contributed by atoms with Crippen LogP contribution in [0.5, 0.6) is 11.5 Å². The summed E-state index contributed by atoms with van der Waals surface area (Å²) in [6.07, 6.45) is 1.45. The molecule has 0 aliphatic heterocycles. The molecule has 6 rings (SSSR count). The lowest BCUT2D eigenvalue weighted by atomic mass is 9.86. The molecular formula is C26H16N2O4. The minimum Gasteiger partial charge on any atom is -0.506 e. The van der Waals surface area contributed by atoms with Crippen molar-refractivity contribution >= 4 is 33.1 Å². The van der Waals surface area contributed by atoms with E-state index in [0.717, 1.165) is 16.3 Å². The van der Waals surface area contributed by atoms with Gasteiger partial charge in [-0.2, -0.15) is 0 Å². The zero-order valence-electron chi connectivity index (χ0n) is 16.7. The number of ketones is 2. The lowest BCUT2D eigenvalue weighted by Crippen LogP contribution is -2.24. The first-order chi connectivity index (χ1) is 15.5. The van der Waals surface area contributed by atoms with Gasteiger partial charge in [-0.3, -0.25) is 9.59 Å². The fourth-order valence-corrected chi connectivity index (χ4v) is 4.52. The van der Waals surface area contributed by atoms with Crippen molar-refractivity contribution in [2.75, 3.05) is 0 Å². The Balaban J connectivity index is 1.51. The summed E-state index contributed by atoms with van der Waals surface area (Å²) in [5, 5.41) is 24.4. The van der Waals surface area contributed by atoms with E-state index in [1.165, 1.54) is 6.33 Å². The summed E-state index contributed by atoms with van der Waals surface area (Å²) in [7, 11) is 0. The summed E-state index contributed by atoms with van der Waals surface area (Å²) < 4.78 is 1.62. The molecule has 1 aromatic heterocycles. The van der Waals surface area contributed by atoms with Gasteiger partial charge in [0.2, 0.25) is 11.6 Å². The number of carbonyl (C=O) groups is 2. The summed E-state index contributed by atoms with van der Waals surface area (Å²) in [6.45, 7) is 0.335. The first-order valence-corrected chi connectivity index (χ1v) is 10.1. The van der Waals surface area contributed by atoms with Crippen molar-refractivity contribution in [3.63, 3.8) is 0 Å². The van der Waals surface area contributed by atoms with Crippen LogP contribution in [0.25, 0.3) is 21.5 Å². The Morgan fingerprint density at radius 2 is 1.38 bits per heavy atom. The van der Waals surface area contributed by atoms with Gasteiger partial charge in [-0.05, 0) is 22.4 Å². The van der Waals surface area contributed by atoms with Crippen molar-refractivity contribution in [3.8, 4) is 11.5 Å². The van der Waals surface area contributed by atoms with Gasteiger partial charge in [0.1, 0.15) is 22.9 Å². The van der Waals surface area contributed by atoms with Crippen LogP contribution >= 0.6 is 0 Å². The Bertz CT molecular complexity index is 1610. The maximum Gasteiger partial charge on any atom is 0.218 e. The molecule has 0 saturated heterocycles. The van der Waals surface area contributed by atoms with Crippen molar-refractivity contribution < 1.29 is 19.8 Å². The molecule has 5 aromatic rings. The highest BCUT2D eigenvalue weighted by Crippen LogP contribution is 2.44. The lowest BCUT2D eigenvalue weighted by molar-refractivity contribution is 0.0967. The predicted octanol–water partition coefficient (Wildman–Crippen LogP) is 4.42. The summed E-state index contributed by atoms with van der Waals surface area (Å²) >= 11 is 0. The molecule has 0 spiro atoms. The second kappa shape index (κ2) is 6.52. The zero-order chi connectivity index (χ0) is 22.0. The van der Waals surface area contributed by atoms with Crippen LogP contribution in [0.4, 0.5) is 0 Å². The standard InChI is InChI=1S/C26H16N2O4/c29-23-17-7-3-4-8-18(17)24(30)20-19(23)25(31)21-22(26(20)32)28(13-27-21)12-14-9-10-15-5-1-2-6-16(15)11-14/h1-11,13,29-30H,12H2. The average molecular weight is 420 g/mol. The van der Waals surface area contributed by atoms with Crippen LogP contribution in [0.1, 0.15) is 37.7 Å². The largest absolute Gasteiger partial charge is 0.506 e. The average Bonchev–Trinajstić information content (AvgIpc) is 3.24. The maximum absolute atomic E-state index is 13.5. The third kappa shape index (κ3) is 2.43. The van der Waals surface area contributed by atoms with E-state index in [9.17, 15) is 19.8 Å². The van der Waals surface area contributed by atoms with E-state index < -0.39 is 11.6 Å². The molecule has 6 heteroatoms. The quantitative estimate of drug-likeness (QED) is 0.405. The first-order valence-electron chi connectivity index (χ1n) is 10.1. The van der Waals surface area contributed by atoms with Crippen molar-refractivity contribution in [2.45, 2.75) is 6.54 Å². The van der Waals surface area contributed by atoms with Crippen LogP contribution in [0, 0.1) is 0 Å². The molecule has 0 saturated carbocycles. The predicted molar refractivity (Wildman–Crippen MR) is 119 cm³/mol. The molecule has 2 N–H and O–H groups in total. The van der Waals surface area contributed by atoms with E-state index in [1.807, 2.05) is 42.5 Å². The highest BCUT2D eigenvalue weighted by atomic mass is 16.3. The van der Waals surface area contributed by atoms with Crippen LogP contribution in [0.15, 0.2) is 73.1 Å². The van der Waals surface area contributed by atoms with Gasteiger partial charge in [0.15, 0.2) is 0 Å². The number of benzene rings is 4. The van der Waals surface area contributed by atoms with Crippen molar-refractivity contribution in [3.05, 3.63) is 101 Å². The first kappa shape index (κ1) is 18.3. The summed E-state index contributed by atoms with van der Waals surface area (Å²) in [6, 6.07) is 20.6. The zero-order valence-corrected chi connectivity index (χ0v) is 16.7. The summed E-state index contributed by atoms with van der Waals surface area (Å²) in [4.78, 5) is 30.9. The SMILES string of the molecule is O=C1c2ncn(Cc3ccc4ccccc4c3)c2C(=O)c2c1c(O)c1ccccc1c2O. The molecular weight excluding hydrogens is 404 g/mol. The van der Waals surface area contributed by atoms with Crippen LogP contribution < -0.4 is 0 Å². The molecule has 32 heavy (non-hydrogen) atoms. The van der Waals surface area contributed by atoms with Gasteiger partial charge in [0.05, 0.1) is 17.5 Å². The van der Waals surface area contributed by atoms with E-state index in [2.05, 4.69) is 4.98 Å².